The summed E-state index contributed by atoms with van der Waals surface area (Å²) in [6.45, 7) is 9.35. The topological polar surface area (TPSA) is 74.4 Å². The average molecular weight is 450 g/mol. The molecule has 2 aromatic rings. The smallest absolute Gasteiger partial charge is 0.356 e. The molecule has 1 aliphatic heterocycles. The Hall–Kier alpha value is -1.86. The maximum atomic E-state index is 12.7. The van der Waals surface area contributed by atoms with Crippen molar-refractivity contribution in [3.8, 4) is 0 Å². The van der Waals surface area contributed by atoms with Crippen LogP contribution < -0.4 is 5.32 Å². The first-order chi connectivity index (χ1) is 13.4. The summed E-state index contributed by atoms with van der Waals surface area (Å²) in [6.07, 6.45) is 1.64. The first-order valence-electron chi connectivity index (χ1n) is 9.88. The number of piperidine rings is 1. The van der Waals surface area contributed by atoms with Gasteiger partial charge in [-0.15, -0.1) is 0 Å². The van der Waals surface area contributed by atoms with Gasteiger partial charge in [-0.2, -0.15) is 0 Å². The van der Waals surface area contributed by atoms with Crippen LogP contribution in [0.15, 0.2) is 22.7 Å². The molecule has 1 aliphatic rings. The highest BCUT2D eigenvalue weighted by molar-refractivity contribution is 9.10. The van der Waals surface area contributed by atoms with E-state index in [1.807, 2.05) is 18.2 Å². The number of aromatic nitrogens is 1. The summed E-state index contributed by atoms with van der Waals surface area (Å²) >= 11 is 3.45. The van der Waals surface area contributed by atoms with Gasteiger partial charge in [0.25, 0.3) is 0 Å². The van der Waals surface area contributed by atoms with Crippen LogP contribution in [0.25, 0.3) is 10.9 Å². The van der Waals surface area contributed by atoms with E-state index in [0.29, 0.717) is 23.9 Å². The number of nitrogens with zero attached hydrogens (tertiary/aromatic N) is 1. The van der Waals surface area contributed by atoms with E-state index in [0.717, 1.165) is 35.0 Å². The van der Waals surface area contributed by atoms with E-state index in [2.05, 4.69) is 45.0 Å². The van der Waals surface area contributed by atoms with E-state index in [1.54, 1.807) is 6.92 Å². The van der Waals surface area contributed by atoms with Crippen molar-refractivity contribution in [1.29, 1.82) is 0 Å². The predicted octanol–water partition coefficient (Wildman–Crippen LogP) is 4.41. The molecule has 2 N–H and O–H groups in total. The van der Waals surface area contributed by atoms with Gasteiger partial charge in [-0.3, -0.25) is 4.79 Å². The van der Waals surface area contributed by atoms with Crippen molar-refractivity contribution < 1.29 is 14.3 Å². The minimum absolute atomic E-state index is 0.0997. The SMILES string of the molecule is CCOC(=O)c1[nH]c2ccc(Br)cc2c1NC(=O)CCN1CC(C)CC(C)C1. The van der Waals surface area contributed by atoms with Crippen molar-refractivity contribution >= 4 is 44.4 Å². The van der Waals surface area contributed by atoms with Gasteiger partial charge in [0.2, 0.25) is 5.91 Å². The van der Waals surface area contributed by atoms with Gasteiger partial charge < -0.3 is 19.9 Å². The third-order valence-corrected chi connectivity index (χ3v) is 5.60. The van der Waals surface area contributed by atoms with Crippen LogP contribution in [0, 0.1) is 11.8 Å². The quantitative estimate of drug-likeness (QED) is 0.640. The molecule has 7 heteroatoms. The van der Waals surface area contributed by atoms with Crippen molar-refractivity contribution in [2.45, 2.75) is 33.6 Å². The Morgan fingerprint density at radius 1 is 1.29 bits per heavy atom. The number of ether oxygens (including phenoxy) is 1. The maximum absolute atomic E-state index is 12.7. The Morgan fingerprint density at radius 3 is 2.68 bits per heavy atom. The molecule has 1 aromatic heterocycles. The van der Waals surface area contributed by atoms with Crippen molar-refractivity contribution in [2.24, 2.45) is 11.8 Å². The van der Waals surface area contributed by atoms with Gasteiger partial charge in [0.05, 0.1) is 12.3 Å². The van der Waals surface area contributed by atoms with Crippen LogP contribution in [0.5, 0.6) is 0 Å². The molecule has 0 spiro atoms. The van der Waals surface area contributed by atoms with E-state index in [-0.39, 0.29) is 18.2 Å². The number of esters is 1. The number of halogens is 1. The molecule has 0 saturated carbocycles. The number of amides is 1. The van der Waals surface area contributed by atoms with E-state index >= 15 is 0 Å². The monoisotopic (exact) mass is 449 g/mol. The summed E-state index contributed by atoms with van der Waals surface area (Å²) in [6, 6.07) is 5.64. The minimum Gasteiger partial charge on any atom is -0.461 e. The van der Waals surface area contributed by atoms with E-state index in [1.165, 1.54) is 6.42 Å². The zero-order chi connectivity index (χ0) is 20.3. The predicted molar refractivity (Wildman–Crippen MR) is 115 cm³/mol. The lowest BCUT2D eigenvalue weighted by Crippen LogP contribution is -2.40. The lowest BCUT2D eigenvalue weighted by Gasteiger charge is -2.34. The second-order valence-corrected chi connectivity index (χ2v) is 8.70. The molecule has 0 aliphatic carbocycles. The number of benzene rings is 1. The van der Waals surface area contributed by atoms with Gasteiger partial charge in [-0.25, -0.2) is 4.79 Å². The number of aromatic amines is 1. The number of H-pyrrole nitrogens is 1. The summed E-state index contributed by atoms with van der Waals surface area (Å²) in [5, 5.41) is 3.73. The highest BCUT2D eigenvalue weighted by Crippen LogP contribution is 2.31. The number of anilines is 1. The van der Waals surface area contributed by atoms with E-state index in [4.69, 9.17) is 4.74 Å². The fourth-order valence-electron chi connectivity index (χ4n) is 4.09. The summed E-state index contributed by atoms with van der Waals surface area (Å²) in [5.74, 6) is 0.752. The standard InChI is InChI=1S/C21H28BrN3O3/c1-4-28-21(27)20-19(16-10-15(22)5-6-17(16)23-20)24-18(26)7-8-25-11-13(2)9-14(3)12-25/h5-6,10,13-14,23H,4,7-9,11-12H2,1-3H3,(H,24,26). The van der Waals surface area contributed by atoms with Crippen LogP contribution in [0.4, 0.5) is 5.69 Å². The van der Waals surface area contributed by atoms with Crippen LogP contribution in [-0.4, -0.2) is 48.0 Å². The second-order valence-electron chi connectivity index (χ2n) is 7.79. The fraction of sp³-hybridized carbons (Fsp3) is 0.524. The van der Waals surface area contributed by atoms with Gasteiger partial charge in [0.15, 0.2) is 0 Å². The molecule has 3 rings (SSSR count). The highest BCUT2D eigenvalue weighted by Gasteiger charge is 2.24. The second kappa shape index (κ2) is 9.09. The third kappa shape index (κ3) is 4.94. The van der Waals surface area contributed by atoms with Crippen LogP contribution in [0.3, 0.4) is 0 Å². The number of likely N-dealkylation sites (tertiary alicyclic amines) is 1. The van der Waals surface area contributed by atoms with Gasteiger partial charge in [0.1, 0.15) is 5.69 Å². The third-order valence-electron chi connectivity index (χ3n) is 5.10. The van der Waals surface area contributed by atoms with E-state index in [9.17, 15) is 9.59 Å². The number of carbonyl (C=O) groups excluding carboxylic acids is 2. The van der Waals surface area contributed by atoms with E-state index < -0.39 is 5.97 Å². The van der Waals surface area contributed by atoms with Crippen LogP contribution >= 0.6 is 15.9 Å². The molecule has 2 unspecified atom stereocenters. The molecule has 2 heterocycles. The normalized spacial score (nSPS) is 20.3. The number of nitrogens with one attached hydrogen (secondary N) is 2. The average Bonchev–Trinajstić information content (AvgIpc) is 2.97. The Morgan fingerprint density at radius 2 is 2.00 bits per heavy atom. The molecule has 6 nitrogen and oxygen atoms in total. The lowest BCUT2D eigenvalue weighted by molar-refractivity contribution is -0.116. The van der Waals surface area contributed by atoms with Crippen molar-refractivity contribution in [3.63, 3.8) is 0 Å². The zero-order valence-electron chi connectivity index (χ0n) is 16.7. The number of rotatable bonds is 6. The molecule has 2 atom stereocenters. The number of fused-ring (bicyclic) bond motifs is 1. The molecule has 152 valence electrons. The Labute approximate surface area is 174 Å². The number of carbonyl (C=O) groups is 2. The first-order valence-corrected chi connectivity index (χ1v) is 10.7. The molecule has 0 radical (unpaired) electrons. The highest BCUT2D eigenvalue weighted by atomic mass is 79.9. The van der Waals surface area contributed by atoms with Crippen molar-refractivity contribution in [3.05, 3.63) is 28.4 Å². The largest absolute Gasteiger partial charge is 0.461 e. The van der Waals surface area contributed by atoms with Crippen LogP contribution in [-0.2, 0) is 9.53 Å². The summed E-state index contributed by atoms with van der Waals surface area (Å²) in [7, 11) is 0. The zero-order valence-corrected chi connectivity index (χ0v) is 18.3. The molecule has 1 saturated heterocycles. The summed E-state index contributed by atoms with van der Waals surface area (Å²) < 4.78 is 6.02. The van der Waals surface area contributed by atoms with Crippen molar-refractivity contribution in [2.75, 3.05) is 31.6 Å². The molecule has 28 heavy (non-hydrogen) atoms. The van der Waals surface area contributed by atoms with Gasteiger partial charge in [0, 0.05) is 41.4 Å². The molecule has 1 aromatic carbocycles. The summed E-state index contributed by atoms with van der Waals surface area (Å²) in [4.78, 5) is 30.5. The van der Waals surface area contributed by atoms with Crippen LogP contribution in [0.2, 0.25) is 0 Å². The number of hydrogen-bond donors (Lipinski definition) is 2. The molecule has 1 fully saturated rings. The molecular formula is C21H28BrN3O3. The maximum Gasteiger partial charge on any atom is 0.356 e. The Kier molecular flexibility index (Phi) is 6.78. The first kappa shape index (κ1) is 20.9. The van der Waals surface area contributed by atoms with Crippen molar-refractivity contribution in [1.82, 2.24) is 9.88 Å². The Bertz CT molecular complexity index is 854. The fourth-order valence-corrected chi connectivity index (χ4v) is 4.45. The molecular weight excluding hydrogens is 422 g/mol. The van der Waals surface area contributed by atoms with Gasteiger partial charge in [-0.1, -0.05) is 29.8 Å². The molecule has 1 amide bonds. The van der Waals surface area contributed by atoms with Gasteiger partial charge >= 0.3 is 5.97 Å². The minimum atomic E-state index is -0.469. The van der Waals surface area contributed by atoms with Crippen LogP contribution in [0.1, 0.15) is 44.1 Å². The van der Waals surface area contributed by atoms with Gasteiger partial charge in [-0.05, 0) is 43.4 Å². The lowest BCUT2D eigenvalue weighted by atomic mass is 9.92. The summed E-state index contributed by atoms with van der Waals surface area (Å²) in [5.41, 5.74) is 1.55. The number of hydrogen-bond acceptors (Lipinski definition) is 4. The Balaban J connectivity index is 1.74. The molecule has 0 bridgehead atoms.